The number of carbonyl (C=O) groups is 1. The number of rotatable bonds is 3. The average molecular weight is 180 g/mol. The lowest BCUT2D eigenvalue weighted by atomic mass is 9.72. The van der Waals surface area contributed by atoms with Gasteiger partial charge in [0.15, 0.2) is 5.78 Å². The van der Waals surface area contributed by atoms with Crippen molar-refractivity contribution in [3.05, 3.63) is 12.2 Å². The zero-order valence-corrected chi connectivity index (χ0v) is 9.13. The highest BCUT2D eigenvalue weighted by Crippen LogP contribution is 2.38. The van der Waals surface area contributed by atoms with Crippen molar-refractivity contribution < 1.29 is 4.79 Å². The van der Waals surface area contributed by atoms with Gasteiger partial charge in [-0.2, -0.15) is 0 Å². The molecule has 13 heavy (non-hydrogen) atoms. The molecule has 1 aliphatic carbocycles. The van der Waals surface area contributed by atoms with E-state index in [9.17, 15) is 4.79 Å². The minimum atomic E-state index is 0.161. The van der Waals surface area contributed by atoms with Gasteiger partial charge < -0.3 is 0 Å². The normalized spacial score (nSPS) is 23.2. The molecular formula is C12H20O. The maximum absolute atomic E-state index is 11.5. The summed E-state index contributed by atoms with van der Waals surface area (Å²) in [5, 5.41) is 0. The zero-order chi connectivity index (χ0) is 10.1. The highest BCUT2D eigenvalue weighted by atomic mass is 16.1. The fourth-order valence-electron chi connectivity index (χ4n) is 2.45. The van der Waals surface area contributed by atoms with Crippen LogP contribution >= 0.6 is 0 Å². The van der Waals surface area contributed by atoms with Gasteiger partial charge >= 0.3 is 0 Å². The molecule has 0 amide bonds. The Morgan fingerprint density at radius 2 is 2.15 bits per heavy atom. The molecule has 1 atom stereocenters. The second-order valence-corrected chi connectivity index (χ2v) is 5.18. The van der Waals surface area contributed by atoms with Crippen LogP contribution in [0, 0.1) is 17.3 Å². The average Bonchev–Trinajstić information content (AvgIpc) is 2.32. The lowest BCUT2D eigenvalue weighted by Gasteiger charge is -2.32. The van der Waals surface area contributed by atoms with Crippen LogP contribution < -0.4 is 0 Å². The van der Waals surface area contributed by atoms with Gasteiger partial charge in [-0.1, -0.05) is 33.8 Å². The highest BCUT2D eigenvalue weighted by Gasteiger charge is 2.35. The van der Waals surface area contributed by atoms with Crippen molar-refractivity contribution in [2.24, 2.45) is 17.3 Å². The predicted molar refractivity (Wildman–Crippen MR) is 55.5 cm³/mol. The summed E-state index contributed by atoms with van der Waals surface area (Å²) in [7, 11) is 0. The maximum atomic E-state index is 11.5. The van der Waals surface area contributed by atoms with E-state index in [0.29, 0.717) is 11.7 Å². The molecule has 0 aliphatic heterocycles. The standard InChI is InChI=1S/C12H20O/c1-9(2)8-12(3,4)10-6-5-7-11(10)13/h5,7,9-10H,6,8H2,1-4H3. The molecule has 1 heteroatoms. The molecule has 1 nitrogen and oxygen atoms in total. The van der Waals surface area contributed by atoms with Gasteiger partial charge in [0, 0.05) is 5.92 Å². The third kappa shape index (κ3) is 2.43. The molecule has 0 heterocycles. The minimum Gasteiger partial charge on any atom is -0.295 e. The van der Waals surface area contributed by atoms with E-state index >= 15 is 0 Å². The Kier molecular flexibility index (Phi) is 2.94. The van der Waals surface area contributed by atoms with Crippen LogP contribution in [0.2, 0.25) is 0 Å². The fraction of sp³-hybridized carbons (Fsp3) is 0.750. The number of hydrogen-bond acceptors (Lipinski definition) is 1. The quantitative estimate of drug-likeness (QED) is 0.652. The van der Waals surface area contributed by atoms with E-state index in [0.717, 1.165) is 12.8 Å². The molecule has 0 aromatic rings. The monoisotopic (exact) mass is 180 g/mol. The van der Waals surface area contributed by atoms with E-state index in [1.165, 1.54) is 0 Å². The highest BCUT2D eigenvalue weighted by molar-refractivity contribution is 5.94. The molecule has 0 bridgehead atoms. The Balaban J connectivity index is 2.64. The minimum absolute atomic E-state index is 0.161. The summed E-state index contributed by atoms with van der Waals surface area (Å²) < 4.78 is 0. The molecule has 0 N–H and O–H groups in total. The van der Waals surface area contributed by atoms with Crippen molar-refractivity contribution in [2.45, 2.75) is 40.5 Å². The first-order valence-corrected chi connectivity index (χ1v) is 5.14. The van der Waals surface area contributed by atoms with E-state index in [1.54, 1.807) is 6.08 Å². The first-order valence-electron chi connectivity index (χ1n) is 5.14. The molecular weight excluding hydrogens is 160 g/mol. The van der Waals surface area contributed by atoms with Crippen LogP contribution in [0.1, 0.15) is 40.5 Å². The molecule has 0 aromatic heterocycles. The number of hydrogen-bond donors (Lipinski definition) is 0. The third-order valence-electron chi connectivity index (χ3n) is 2.88. The Hall–Kier alpha value is -0.590. The summed E-state index contributed by atoms with van der Waals surface area (Å²) in [6.07, 6.45) is 5.82. The van der Waals surface area contributed by atoms with Gasteiger partial charge in [0.1, 0.15) is 0 Å². The zero-order valence-electron chi connectivity index (χ0n) is 9.13. The summed E-state index contributed by atoms with van der Waals surface area (Å²) in [6, 6.07) is 0. The third-order valence-corrected chi connectivity index (χ3v) is 2.88. The summed E-state index contributed by atoms with van der Waals surface area (Å²) in [4.78, 5) is 11.5. The van der Waals surface area contributed by atoms with Gasteiger partial charge in [-0.25, -0.2) is 0 Å². The first kappa shape index (κ1) is 10.5. The second-order valence-electron chi connectivity index (χ2n) is 5.18. The summed E-state index contributed by atoms with van der Waals surface area (Å²) in [5.74, 6) is 1.23. The molecule has 1 rings (SSSR count). The lowest BCUT2D eigenvalue weighted by molar-refractivity contribution is -0.120. The van der Waals surface area contributed by atoms with Crippen LogP contribution in [0.15, 0.2) is 12.2 Å². The van der Waals surface area contributed by atoms with Crippen molar-refractivity contribution in [3.63, 3.8) is 0 Å². The smallest absolute Gasteiger partial charge is 0.159 e. The Labute approximate surface area is 81.2 Å². The van der Waals surface area contributed by atoms with Crippen molar-refractivity contribution in [3.8, 4) is 0 Å². The maximum Gasteiger partial charge on any atom is 0.159 e. The van der Waals surface area contributed by atoms with E-state index in [1.807, 2.05) is 6.08 Å². The molecule has 74 valence electrons. The van der Waals surface area contributed by atoms with E-state index in [2.05, 4.69) is 27.7 Å². The lowest BCUT2D eigenvalue weighted by Crippen LogP contribution is -2.29. The van der Waals surface area contributed by atoms with Crippen LogP contribution in [0.25, 0.3) is 0 Å². The summed E-state index contributed by atoms with van der Waals surface area (Å²) in [6.45, 7) is 8.86. The van der Waals surface area contributed by atoms with Crippen LogP contribution in [0.5, 0.6) is 0 Å². The molecule has 1 aliphatic rings. The largest absolute Gasteiger partial charge is 0.295 e. The van der Waals surface area contributed by atoms with E-state index in [-0.39, 0.29) is 11.3 Å². The Morgan fingerprint density at radius 3 is 2.54 bits per heavy atom. The van der Waals surface area contributed by atoms with Gasteiger partial charge in [0.2, 0.25) is 0 Å². The van der Waals surface area contributed by atoms with Gasteiger partial charge in [-0.05, 0) is 30.3 Å². The van der Waals surface area contributed by atoms with Gasteiger partial charge in [-0.15, -0.1) is 0 Å². The first-order chi connectivity index (χ1) is 5.93. The summed E-state index contributed by atoms with van der Waals surface area (Å²) >= 11 is 0. The molecule has 0 saturated carbocycles. The SMILES string of the molecule is CC(C)CC(C)(C)C1CC=CC1=O. The van der Waals surface area contributed by atoms with Gasteiger partial charge in [0.05, 0.1) is 0 Å². The summed E-state index contributed by atoms with van der Waals surface area (Å²) in [5.41, 5.74) is 0.161. The Bertz CT molecular complexity index is 223. The predicted octanol–water partition coefficient (Wildman–Crippen LogP) is 3.20. The topological polar surface area (TPSA) is 17.1 Å². The fourth-order valence-corrected chi connectivity index (χ4v) is 2.45. The molecule has 0 radical (unpaired) electrons. The van der Waals surface area contributed by atoms with Gasteiger partial charge in [-0.3, -0.25) is 4.79 Å². The van der Waals surface area contributed by atoms with Gasteiger partial charge in [0.25, 0.3) is 0 Å². The molecule has 0 aromatic carbocycles. The van der Waals surface area contributed by atoms with Crippen molar-refractivity contribution >= 4 is 5.78 Å². The number of carbonyl (C=O) groups excluding carboxylic acids is 1. The molecule has 1 unspecified atom stereocenters. The number of allylic oxidation sites excluding steroid dienone is 2. The number of ketones is 1. The van der Waals surface area contributed by atoms with Crippen molar-refractivity contribution in [2.75, 3.05) is 0 Å². The van der Waals surface area contributed by atoms with Crippen LogP contribution in [-0.4, -0.2) is 5.78 Å². The second kappa shape index (κ2) is 3.65. The van der Waals surface area contributed by atoms with Crippen molar-refractivity contribution in [1.29, 1.82) is 0 Å². The Morgan fingerprint density at radius 1 is 1.54 bits per heavy atom. The van der Waals surface area contributed by atoms with E-state index < -0.39 is 0 Å². The van der Waals surface area contributed by atoms with E-state index in [4.69, 9.17) is 0 Å². The van der Waals surface area contributed by atoms with Crippen LogP contribution in [0.4, 0.5) is 0 Å². The van der Waals surface area contributed by atoms with Crippen LogP contribution in [0.3, 0.4) is 0 Å². The molecule has 0 saturated heterocycles. The van der Waals surface area contributed by atoms with Crippen molar-refractivity contribution in [1.82, 2.24) is 0 Å². The van der Waals surface area contributed by atoms with Crippen LogP contribution in [-0.2, 0) is 4.79 Å². The molecule has 0 fully saturated rings. The molecule has 0 spiro atoms.